The third-order valence-electron chi connectivity index (χ3n) is 4.61. The van der Waals surface area contributed by atoms with Gasteiger partial charge in [0.25, 0.3) is 0 Å². The molecule has 0 saturated heterocycles. The highest BCUT2D eigenvalue weighted by atomic mass is 35.5. The number of Topliss-reactive ketones (excluding diaryl/α,β-unsaturated/α-hetero) is 1. The number of ketones is 1. The van der Waals surface area contributed by atoms with Crippen molar-refractivity contribution in [2.24, 2.45) is 5.73 Å². The molecule has 1 amide bonds. The number of primary amides is 1. The van der Waals surface area contributed by atoms with Gasteiger partial charge in [0.15, 0.2) is 5.78 Å². The Hall–Kier alpha value is -2.59. The van der Waals surface area contributed by atoms with Gasteiger partial charge in [0.1, 0.15) is 0 Å². The van der Waals surface area contributed by atoms with Crippen LogP contribution in [0.2, 0.25) is 5.02 Å². The van der Waals surface area contributed by atoms with Crippen molar-refractivity contribution in [3.8, 4) is 0 Å². The topological polar surface area (TPSA) is 65.1 Å². The number of hydrogen-bond donors (Lipinski definition) is 1. The van der Waals surface area contributed by atoms with Crippen LogP contribution >= 0.6 is 11.6 Å². The molecule has 1 aliphatic carbocycles. The van der Waals surface area contributed by atoms with Crippen LogP contribution in [0.5, 0.6) is 0 Å². The highest BCUT2D eigenvalue weighted by Crippen LogP contribution is 2.34. The van der Waals surface area contributed by atoms with Gasteiger partial charge in [-0.1, -0.05) is 35.9 Å². The SMILES string of the molecule is NC(=O)c1ccc2c3c(n(Cc4ccccc4Cl)c2c1)C(=O)CC3. The summed E-state index contributed by atoms with van der Waals surface area (Å²) in [5.41, 5.74) is 9.42. The fourth-order valence-electron chi connectivity index (χ4n) is 3.46. The van der Waals surface area contributed by atoms with Gasteiger partial charge in [-0.25, -0.2) is 0 Å². The van der Waals surface area contributed by atoms with E-state index in [1.54, 1.807) is 12.1 Å². The third-order valence-corrected chi connectivity index (χ3v) is 4.98. The molecule has 0 atom stereocenters. The number of fused-ring (bicyclic) bond motifs is 3. The van der Waals surface area contributed by atoms with Gasteiger partial charge < -0.3 is 10.3 Å². The number of carbonyl (C=O) groups is 2. The standard InChI is InChI=1S/C19H15ClN2O2/c20-15-4-2-1-3-12(15)10-22-16-9-11(19(21)24)5-6-13(16)14-7-8-17(23)18(14)22/h1-6,9H,7-8,10H2,(H2,21,24). The predicted molar refractivity (Wildman–Crippen MR) is 93.7 cm³/mol. The van der Waals surface area contributed by atoms with Gasteiger partial charge >= 0.3 is 0 Å². The molecule has 4 nitrogen and oxygen atoms in total. The molecule has 0 saturated carbocycles. The minimum absolute atomic E-state index is 0.133. The number of rotatable bonds is 3. The van der Waals surface area contributed by atoms with Crippen molar-refractivity contribution in [1.82, 2.24) is 4.57 Å². The number of aryl methyl sites for hydroxylation is 1. The summed E-state index contributed by atoms with van der Waals surface area (Å²) in [7, 11) is 0. The highest BCUT2D eigenvalue weighted by molar-refractivity contribution is 6.31. The van der Waals surface area contributed by atoms with Gasteiger partial charge in [0.05, 0.1) is 5.69 Å². The number of benzene rings is 2. The van der Waals surface area contributed by atoms with Crippen LogP contribution in [0, 0.1) is 0 Å². The summed E-state index contributed by atoms with van der Waals surface area (Å²) < 4.78 is 1.97. The lowest BCUT2D eigenvalue weighted by molar-refractivity contribution is 0.0983. The highest BCUT2D eigenvalue weighted by Gasteiger charge is 2.28. The Bertz CT molecular complexity index is 1000. The number of halogens is 1. The Morgan fingerprint density at radius 1 is 1.17 bits per heavy atom. The van der Waals surface area contributed by atoms with Crippen molar-refractivity contribution in [2.45, 2.75) is 19.4 Å². The Morgan fingerprint density at radius 3 is 2.71 bits per heavy atom. The molecule has 1 heterocycles. The second-order valence-electron chi connectivity index (χ2n) is 6.02. The van der Waals surface area contributed by atoms with E-state index >= 15 is 0 Å². The Labute approximate surface area is 143 Å². The minimum Gasteiger partial charge on any atom is -0.366 e. The molecule has 0 fully saturated rings. The van der Waals surface area contributed by atoms with Crippen LogP contribution in [-0.2, 0) is 13.0 Å². The average Bonchev–Trinajstić information content (AvgIpc) is 3.08. The zero-order valence-corrected chi connectivity index (χ0v) is 13.6. The first-order chi connectivity index (χ1) is 11.6. The van der Waals surface area contributed by atoms with Crippen LogP contribution in [0.4, 0.5) is 0 Å². The van der Waals surface area contributed by atoms with Crippen molar-refractivity contribution in [3.63, 3.8) is 0 Å². The molecule has 0 spiro atoms. The first-order valence-corrected chi connectivity index (χ1v) is 8.15. The van der Waals surface area contributed by atoms with E-state index in [-0.39, 0.29) is 5.78 Å². The maximum Gasteiger partial charge on any atom is 0.248 e. The molecule has 0 bridgehead atoms. The van der Waals surface area contributed by atoms with Crippen LogP contribution in [-0.4, -0.2) is 16.3 Å². The van der Waals surface area contributed by atoms with Crippen molar-refractivity contribution >= 4 is 34.2 Å². The second-order valence-corrected chi connectivity index (χ2v) is 6.43. The van der Waals surface area contributed by atoms with E-state index in [1.165, 1.54) is 0 Å². The smallest absolute Gasteiger partial charge is 0.248 e. The maximum atomic E-state index is 12.4. The number of nitrogens with zero attached hydrogens (tertiary/aromatic N) is 1. The second kappa shape index (κ2) is 5.49. The summed E-state index contributed by atoms with van der Waals surface area (Å²) in [6, 6.07) is 12.9. The lowest BCUT2D eigenvalue weighted by Gasteiger charge is -2.11. The summed E-state index contributed by atoms with van der Waals surface area (Å²) in [6.45, 7) is 0.486. The molecule has 1 aromatic heterocycles. The van der Waals surface area contributed by atoms with E-state index in [2.05, 4.69) is 0 Å². The zero-order valence-electron chi connectivity index (χ0n) is 12.9. The molecule has 3 aromatic rings. The molecule has 2 N–H and O–H groups in total. The maximum absolute atomic E-state index is 12.4. The lowest BCUT2D eigenvalue weighted by atomic mass is 10.1. The molecule has 120 valence electrons. The summed E-state index contributed by atoms with van der Waals surface area (Å²) in [5.74, 6) is -0.345. The zero-order chi connectivity index (χ0) is 16.8. The Kier molecular flexibility index (Phi) is 3.43. The third kappa shape index (κ3) is 2.22. The number of hydrogen-bond acceptors (Lipinski definition) is 2. The monoisotopic (exact) mass is 338 g/mol. The number of amides is 1. The van der Waals surface area contributed by atoms with Gasteiger partial charge in [-0.05, 0) is 35.7 Å². The Balaban J connectivity index is 1.97. The summed E-state index contributed by atoms with van der Waals surface area (Å²) in [4.78, 5) is 23.9. The van der Waals surface area contributed by atoms with Crippen molar-refractivity contribution in [2.75, 3.05) is 0 Å². The fraction of sp³-hybridized carbons (Fsp3) is 0.158. The van der Waals surface area contributed by atoms with E-state index in [4.69, 9.17) is 17.3 Å². The average molecular weight is 339 g/mol. The fourth-order valence-corrected chi connectivity index (χ4v) is 3.66. The molecule has 0 aliphatic heterocycles. The molecule has 2 aromatic carbocycles. The lowest BCUT2D eigenvalue weighted by Crippen LogP contribution is -2.12. The summed E-state index contributed by atoms with van der Waals surface area (Å²) in [6.07, 6.45) is 1.26. The Morgan fingerprint density at radius 2 is 1.96 bits per heavy atom. The molecular weight excluding hydrogens is 324 g/mol. The number of carbonyl (C=O) groups excluding carboxylic acids is 2. The van der Waals surface area contributed by atoms with Gasteiger partial charge in [-0.2, -0.15) is 0 Å². The molecule has 4 rings (SSSR count). The molecule has 5 heteroatoms. The van der Waals surface area contributed by atoms with Crippen LogP contribution < -0.4 is 5.73 Å². The molecule has 0 radical (unpaired) electrons. The summed E-state index contributed by atoms with van der Waals surface area (Å²) >= 11 is 6.29. The van der Waals surface area contributed by atoms with Crippen molar-refractivity contribution < 1.29 is 9.59 Å². The van der Waals surface area contributed by atoms with E-state index in [9.17, 15) is 9.59 Å². The van der Waals surface area contributed by atoms with Crippen LogP contribution in [0.15, 0.2) is 42.5 Å². The largest absolute Gasteiger partial charge is 0.366 e. The van der Waals surface area contributed by atoms with Crippen LogP contribution in [0.25, 0.3) is 10.9 Å². The molecule has 24 heavy (non-hydrogen) atoms. The molecular formula is C19H15ClN2O2. The number of nitrogens with two attached hydrogens (primary N) is 1. The van der Waals surface area contributed by atoms with Crippen molar-refractivity contribution in [3.05, 3.63) is 69.9 Å². The van der Waals surface area contributed by atoms with E-state index in [0.29, 0.717) is 23.6 Å². The van der Waals surface area contributed by atoms with E-state index < -0.39 is 5.91 Å². The predicted octanol–water partition coefficient (Wildman–Crippen LogP) is 3.57. The van der Waals surface area contributed by atoms with Gasteiger partial charge in [-0.3, -0.25) is 9.59 Å². The van der Waals surface area contributed by atoms with Gasteiger partial charge in [0, 0.05) is 34.5 Å². The molecule has 1 aliphatic rings. The summed E-state index contributed by atoms with van der Waals surface area (Å²) in [5, 5.41) is 1.66. The quantitative estimate of drug-likeness (QED) is 0.793. The minimum atomic E-state index is -0.478. The van der Waals surface area contributed by atoms with E-state index in [1.807, 2.05) is 34.9 Å². The van der Waals surface area contributed by atoms with Crippen molar-refractivity contribution in [1.29, 1.82) is 0 Å². The normalized spacial score (nSPS) is 13.5. The first kappa shape index (κ1) is 15.0. The first-order valence-electron chi connectivity index (χ1n) is 7.78. The molecule has 0 unspecified atom stereocenters. The van der Waals surface area contributed by atoms with Gasteiger partial charge in [0.2, 0.25) is 5.91 Å². The van der Waals surface area contributed by atoms with E-state index in [0.717, 1.165) is 34.1 Å². The van der Waals surface area contributed by atoms with Crippen LogP contribution in [0.3, 0.4) is 0 Å². The van der Waals surface area contributed by atoms with Crippen LogP contribution in [0.1, 0.15) is 38.4 Å². The number of aromatic nitrogens is 1. The van der Waals surface area contributed by atoms with Gasteiger partial charge in [-0.15, -0.1) is 0 Å².